The van der Waals surface area contributed by atoms with Crippen LogP contribution in [0.4, 0.5) is 0 Å². The van der Waals surface area contributed by atoms with Gasteiger partial charge in [0.05, 0.1) is 0 Å². The molecular weight excluding hydrogens is 210 g/mol. The van der Waals surface area contributed by atoms with Crippen LogP contribution in [0.1, 0.15) is 35.6 Å². The summed E-state index contributed by atoms with van der Waals surface area (Å²) in [7, 11) is 0. The molecule has 1 saturated carbocycles. The zero-order chi connectivity index (χ0) is 11.5. The van der Waals surface area contributed by atoms with Crippen molar-refractivity contribution in [3.05, 3.63) is 53.3 Å². The summed E-state index contributed by atoms with van der Waals surface area (Å²) in [4.78, 5) is 0. The van der Waals surface area contributed by atoms with Crippen LogP contribution in [0.15, 0.2) is 36.5 Å². The van der Waals surface area contributed by atoms with Crippen molar-refractivity contribution < 1.29 is 0 Å². The van der Waals surface area contributed by atoms with Gasteiger partial charge in [0, 0.05) is 25.0 Å². The minimum atomic E-state index is 0.836. The fourth-order valence-electron chi connectivity index (χ4n) is 2.10. The summed E-state index contributed by atoms with van der Waals surface area (Å²) >= 11 is 0. The number of nitrogens with zero attached hydrogens (tertiary/aromatic N) is 1. The molecule has 1 aromatic heterocycles. The molecule has 1 aliphatic rings. The molecule has 0 bridgehead atoms. The van der Waals surface area contributed by atoms with Crippen molar-refractivity contribution in [2.75, 3.05) is 0 Å². The number of benzene rings is 1. The molecule has 88 valence electrons. The van der Waals surface area contributed by atoms with Crippen molar-refractivity contribution in [1.82, 2.24) is 15.5 Å². The zero-order valence-electron chi connectivity index (χ0n) is 9.82. The third-order valence-electron chi connectivity index (χ3n) is 3.20. The summed E-state index contributed by atoms with van der Waals surface area (Å²) < 4.78 is 0. The lowest BCUT2D eigenvalue weighted by Crippen LogP contribution is -2.13. The Bertz CT molecular complexity index is 472. The van der Waals surface area contributed by atoms with Crippen LogP contribution in [-0.4, -0.2) is 10.2 Å². The second kappa shape index (κ2) is 4.72. The Morgan fingerprint density at radius 1 is 1.24 bits per heavy atom. The third kappa shape index (κ3) is 2.74. The van der Waals surface area contributed by atoms with E-state index in [1.54, 1.807) is 6.20 Å². The summed E-state index contributed by atoms with van der Waals surface area (Å²) in [6, 6.07) is 10.9. The summed E-state index contributed by atoms with van der Waals surface area (Å²) in [6.45, 7) is 1.76. The van der Waals surface area contributed by atoms with Crippen LogP contribution in [0.3, 0.4) is 0 Å². The van der Waals surface area contributed by atoms with E-state index in [2.05, 4.69) is 39.8 Å². The van der Waals surface area contributed by atoms with Crippen molar-refractivity contribution in [3.8, 4) is 0 Å². The van der Waals surface area contributed by atoms with Gasteiger partial charge in [-0.25, -0.2) is 0 Å². The standard InChI is InChI=1S/C14H17N3/c1-2-11(8-13(3-1)12-4-5-12)9-15-10-14-6-7-16-17-14/h1-3,6-8,12,15H,4-5,9-10H2,(H,16,17). The number of nitrogens with one attached hydrogen (secondary N) is 2. The van der Waals surface area contributed by atoms with Crippen molar-refractivity contribution in [1.29, 1.82) is 0 Å². The van der Waals surface area contributed by atoms with Crippen LogP contribution in [0.2, 0.25) is 0 Å². The highest BCUT2D eigenvalue weighted by atomic mass is 15.1. The fourth-order valence-corrected chi connectivity index (χ4v) is 2.10. The average molecular weight is 227 g/mol. The lowest BCUT2D eigenvalue weighted by atomic mass is 10.1. The Labute approximate surface area is 101 Å². The summed E-state index contributed by atoms with van der Waals surface area (Å²) in [5.74, 6) is 0.836. The second-order valence-corrected chi connectivity index (χ2v) is 4.70. The summed E-state index contributed by atoms with van der Waals surface area (Å²) in [5, 5.41) is 10.3. The molecule has 2 N–H and O–H groups in total. The van der Waals surface area contributed by atoms with E-state index in [4.69, 9.17) is 0 Å². The number of aromatic nitrogens is 2. The Morgan fingerprint density at radius 3 is 2.94 bits per heavy atom. The van der Waals surface area contributed by atoms with Crippen LogP contribution in [-0.2, 0) is 13.1 Å². The predicted octanol–water partition coefficient (Wildman–Crippen LogP) is 2.58. The van der Waals surface area contributed by atoms with E-state index in [0.29, 0.717) is 0 Å². The van der Waals surface area contributed by atoms with Gasteiger partial charge in [-0.15, -0.1) is 0 Å². The quantitative estimate of drug-likeness (QED) is 0.824. The smallest absolute Gasteiger partial charge is 0.0490 e. The van der Waals surface area contributed by atoms with Crippen molar-refractivity contribution in [2.24, 2.45) is 0 Å². The first-order chi connectivity index (χ1) is 8.42. The van der Waals surface area contributed by atoms with Gasteiger partial charge in [-0.05, 0) is 36.0 Å². The van der Waals surface area contributed by atoms with Gasteiger partial charge in [-0.1, -0.05) is 24.3 Å². The molecular formula is C14H17N3. The van der Waals surface area contributed by atoms with E-state index in [0.717, 1.165) is 24.7 Å². The van der Waals surface area contributed by atoms with E-state index in [1.165, 1.54) is 24.0 Å². The number of hydrogen-bond donors (Lipinski definition) is 2. The predicted molar refractivity (Wildman–Crippen MR) is 67.5 cm³/mol. The van der Waals surface area contributed by atoms with E-state index in [9.17, 15) is 0 Å². The second-order valence-electron chi connectivity index (χ2n) is 4.70. The number of rotatable bonds is 5. The summed E-state index contributed by atoms with van der Waals surface area (Å²) in [6.07, 6.45) is 4.51. The first-order valence-corrected chi connectivity index (χ1v) is 6.19. The fraction of sp³-hybridized carbons (Fsp3) is 0.357. The molecule has 1 aromatic carbocycles. The van der Waals surface area contributed by atoms with Crippen LogP contribution < -0.4 is 5.32 Å². The largest absolute Gasteiger partial charge is 0.307 e. The molecule has 3 heteroatoms. The summed E-state index contributed by atoms with van der Waals surface area (Å²) in [5.41, 5.74) is 4.00. The highest BCUT2D eigenvalue weighted by Crippen LogP contribution is 2.40. The molecule has 2 aromatic rings. The van der Waals surface area contributed by atoms with E-state index in [1.807, 2.05) is 6.07 Å². The van der Waals surface area contributed by atoms with Gasteiger partial charge in [0.1, 0.15) is 0 Å². The molecule has 0 spiro atoms. The normalized spacial score (nSPS) is 15.1. The minimum absolute atomic E-state index is 0.836. The lowest BCUT2D eigenvalue weighted by molar-refractivity contribution is 0.677. The van der Waals surface area contributed by atoms with Crippen LogP contribution in [0.25, 0.3) is 0 Å². The molecule has 3 nitrogen and oxygen atoms in total. The molecule has 0 amide bonds. The minimum Gasteiger partial charge on any atom is -0.307 e. The van der Waals surface area contributed by atoms with Gasteiger partial charge in [-0.3, -0.25) is 5.10 Å². The average Bonchev–Trinajstić information content (AvgIpc) is 3.09. The van der Waals surface area contributed by atoms with Gasteiger partial charge in [0.2, 0.25) is 0 Å². The molecule has 0 saturated heterocycles. The maximum Gasteiger partial charge on any atom is 0.0490 e. The molecule has 1 aliphatic carbocycles. The molecule has 0 aliphatic heterocycles. The third-order valence-corrected chi connectivity index (χ3v) is 3.20. The van der Waals surface area contributed by atoms with Crippen molar-refractivity contribution >= 4 is 0 Å². The van der Waals surface area contributed by atoms with Crippen molar-refractivity contribution in [2.45, 2.75) is 31.8 Å². The molecule has 1 heterocycles. The van der Waals surface area contributed by atoms with Gasteiger partial charge in [0.25, 0.3) is 0 Å². The maximum atomic E-state index is 3.93. The Balaban J connectivity index is 1.55. The highest BCUT2D eigenvalue weighted by Gasteiger charge is 2.23. The first kappa shape index (κ1) is 10.5. The lowest BCUT2D eigenvalue weighted by Gasteiger charge is -2.05. The zero-order valence-corrected chi connectivity index (χ0v) is 9.82. The molecule has 3 rings (SSSR count). The number of H-pyrrole nitrogens is 1. The number of hydrogen-bond acceptors (Lipinski definition) is 2. The van der Waals surface area contributed by atoms with Gasteiger partial charge < -0.3 is 5.32 Å². The maximum absolute atomic E-state index is 3.93. The van der Waals surface area contributed by atoms with E-state index < -0.39 is 0 Å². The highest BCUT2D eigenvalue weighted by molar-refractivity contribution is 5.29. The van der Waals surface area contributed by atoms with Gasteiger partial charge in [0.15, 0.2) is 0 Å². The molecule has 0 atom stereocenters. The van der Waals surface area contributed by atoms with E-state index in [-0.39, 0.29) is 0 Å². The monoisotopic (exact) mass is 227 g/mol. The van der Waals surface area contributed by atoms with Gasteiger partial charge in [-0.2, -0.15) is 5.10 Å². The van der Waals surface area contributed by atoms with Crippen LogP contribution >= 0.6 is 0 Å². The molecule has 0 unspecified atom stereocenters. The van der Waals surface area contributed by atoms with E-state index >= 15 is 0 Å². The molecule has 17 heavy (non-hydrogen) atoms. The Hall–Kier alpha value is -1.61. The molecule has 1 fully saturated rings. The van der Waals surface area contributed by atoms with Crippen LogP contribution in [0, 0.1) is 0 Å². The molecule has 0 radical (unpaired) electrons. The first-order valence-electron chi connectivity index (χ1n) is 6.19. The van der Waals surface area contributed by atoms with Gasteiger partial charge >= 0.3 is 0 Å². The Kier molecular flexibility index (Phi) is 2.92. The SMILES string of the molecule is c1cc(CNCc2ccn[nH]2)cc(C2CC2)c1. The Morgan fingerprint density at radius 2 is 2.18 bits per heavy atom. The van der Waals surface area contributed by atoms with Crippen molar-refractivity contribution in [3.63, 3.8) is 0 Å². The number of aromatic amines is 1. The van der Waals surface area contributed by atoms with Crippen LogP contribution in [0.5, 0.6) is 0 Å². The topological polar surface area (TPSA) is 40.7 Å².